The molecule has 0 atom stereocenters. The minimum atomic E-state index is -0.112. The Morgan fingerprint density at radius 1 is 0.852 bits per heavy atom. The maximum absolute atomic E-state index is 5.64. The maximum Gasteiger partial charge on any atom is 0.0564 e. The largest absolute Gasteiger partial charge is 0.330 e. The number of rotatable bonds is 11. The molecular weight excluding hydrogens is 332 g/mol. The highest BCUT2D eigenvalue weighted by Crippen LogP contribution is 2.16. The van der Waals surface area contributed by atoms with Gasteiger partial charge in [-0.25, -0.2) is 0 Å². The zero-order valence-corrected chi connectivity index (χ0v) is 18.5. The van der Waals surface area contributed by atoms with Gasteiger partial charge in [-0.2, -0.15) is 0 Å². The normalized spacial score (nSPS) is 13.8. The molecule has 0 fully saturated rings. The van der Waals surface area contributed by atoms with E-state index in [-0.39, 0.29) is 16.6 Å². The summed E-state index contributed by atoms with van der Waals surface area (Å²) in [5.41, 5.74) is 7.85. The van der Waals surface area contributed by atoms with E-state index in [1.807, 2.05) is 12.4 Å². The molecule has 0 unspecified atom stereocenters. The minimum absolute atomic E-state index is 0.0802. The summed E-state index contributed by atoms with van der Waals surface area (Å²) < 4.78 is 0. The lowest BCUT2D eigenvalue weighted by atomic mass is 9.98. The first-order valence-corrected chi connectivity index (χ1v) is 10.1. The topological polar surface area (TPSA) is 62.8 Å². The Kier molecular flexibility index (Phi) is 8.83. The Balaban J connectivity index is 2.62. The van der Waals surface area contributed by atoms with Gasteiger partial charge < -0.3 is 11.1 Å². The van der Waals surface area contributed by atoms with Crippen molar-refractivity contribution >= 4 is 12.4 Å². The van der Waals surface area contributed by atoms with E-state index in [2.05, 4.69) is 83.0 Å². The van der Waals surface area contributed by atoms with Crippen LogP contribution in [0.1, 0.15) is 78.9 Å². The van der Waals surface area contributed by atoms with E-state index in [0.717, 1.165) is 36.9 Å². The SMILES string of the molecule is CCC(C)(C)NCCC(C)(C)N=Cc1ccc(C=NC(C)(C)CCN)cc1. The summed E-state index contributed by atoms with van der Waals surface area (Å²) in [6.45, 7) is 16.9. The summed E-state index contributed by atoms with van der Waals surface area (Å²) in [5, 5.41) is 3.61. The third-order valence-corrected chi connectivity index (χ3v) is 5.04. The third kappa shape index (κ3) is 9.83. The Hall–Kier alpha value is -1.52. The first-order valence-electron chi connectivity index (χ1n) is 10.1. The van der Waals surface area contributed by atoms with Gasteiger partial charge in [-0.3, -0.25) is 9.98 Å². The second-order valence-electron chi connectivity index (χ2n) is 9.26. The van der Waals surface area contributed by atoms with E-state index in [9.17, 15) is 0 Å². The summed E-state index contributed by atoms with van der Waals surface area (Å²) in [6.07, 6.45) is 6.92. The van der Waals surface area contributed by atoms with Gasteiger partial charge in [-0.1, -0.05) is 31.2 Å². The molecule has 0 aromatic heterocycles. The summed E-state index contributed by atoms with van der Waals surface area (Å²) >= 11 is 0. The van der Waals surface area contributed by atoms with Crippen LogP contribution in [-0.4, -0.2) is 42.1 Å². The molecule has 0 spiro atoms. The highest BCUT2D eigenvalue weighted by Gasteiger charge is 2.18. The molecule has 0 heterocycles. The van der Waals surface area contributed by atoms with Crippen molar-refractivity contribution in [1.82, 2.24) is 5.32 Å². The zero-order chi connectivity index (χ0) is 20.6. The average molecular weight is 373 g/mol. The Bertz CT molecular complexity index is 610. The Morgan fingerprint density at radius 2 is 1.30 bits per heavy atom. The number of nitrogens with two attached hydrogens (primary N) is 1. The molecule has 4 nitrogen and oxygen atoms in total. The molecule has 0 saturated carbocycles. The molecule has 27 heavy (non-hydrogen) atoms. The molecule has 4 heteroatoms. The minimum Gasteiger partial charge on any atom is -0.330 e. The molecule has 0 saturated heterocycles. The van der Waals surface area contributed by atoms with Crippen molar-refractivity contribution < 1.29 is 0 Å². The van der Waals surface area contributed by atoms with Crippen LogP contribution in [0.15, 0.2) is 34.3 Å². The molecule has 0 aliphatic heterocycles. The fraction of sp³-hybridized carbons (Fsp3) is 0.652. The van der Waals surface area contributed by atoms with Crippen LogP contribution in [0.4, 0.5) is 0 Å². The fourth-order valence-corrected chi connectivity index (χ4v) is 2.48. The molecule has 0 radical (unpaired) electrons. The lowest BCUT2D eigenvalue weighted by Crippen LogP contribution is -2.40. The molecule has 1 aromatic rings. The summed E-state index contributed by atoms with van der Waals surface area (Å²) in [4.78, 5) is 9.44. The molecule has 0 amide bonds. The highest BCUT2D eigenvalue weighted by atomic mass is 15.0. The van der Waals surface area contributed by atoms with Crippen molar-refractivity contribution in [2.45, 2.75) is 84.3 Å². The average Bonchev–Trinajstić information content (AvgIpc) is 2.59. The van der Waals surface area contributed by atoms with E-state index in [1.54, 1.807) is 0 Å². The highest BCUT2D eigenvalue weighted by molar-refractivity contribution is 5.84. The number of benzene rings is 1. The van der Waals surface area contributed by atoms with Crippen LogP contribution in [0, 0.1) is 0 Å². The van der Waals surface area contributed by atoms with Crippen molar-refractivity contribution in [2.75, 3.05) is 13.1 Å². The van der Waals surface area contributed by atoms with Crippen LogP contribution in [-0.2, 0) is 0 Å². The van der Waals surface area contributed by atoms with Gasteiger partial charge in [0.05, 0.1) is 11.1 Å². The number of hydrogen-bond donors (Lipinski definition) is 2. The molecule has 152 valence electrons. The van der Waals surface area contributed by atoms with Gasteiger partial charge in [-0.05, 0) is 85.0 Å². The zero-order valence-electron chi connectivity index (χ0n) is 18.5. The number of nitrogens with zero attached hydrogens (tertiary/aromatic N) is 2. The number of hydrogen-bond acceptors (Lipinski definition) is 4. The van der Waals surface area contributed by atoms with E-state index in [1.165, 1.54) is 0 Å². The molecule has 0 aliphatic rings. The van der Waals surface area contributed by atoms with Crippen LogP contribution in [0.2, 0.25) is 0 Å². The predicted octanol–water partition coefficient (Wildman–Crippen LogP) is 4.60. The van der Waals surface area contributed by atoms with Gasteiger partial charge in [0.25, 0.3) is 0 Å². The van der Waals surface area contributed by atoms with Gasteiger partial charge in [0, 0.05) is 18.0 Å². The summed E-state index contributed by atoms with van der Waals surface area (Å²) in [7, 11) is 0. The van der Waals surface area contributed by atoms with E-state index >= 15 is 0 Å². The van der Waals surface area contributed by atoms with Crippen molar-refractivity contribution in [3.05, 3.63) is 35.4 Å². The first-order chi connectivity index (χ1) is 12.5. The molecule has 1 aromatic carbocycles. The van der Waals surface area contributed by atoms with Crippen LogP contribution >= 0.6 is 0 Å². The monoisotopic (exact) mass is 372 g/mol. The molecule has 3 N–H and O–H groups in total. The van der Waals surface area contributed by atoms with Crippen LogP contribution in [0.5, 0.6) is 0 Å². The van der Waals surface area contributed by atoms with Crippen molar-refractivity contribution in [3.8, 4) is 0 Å². The van der Waals surface area contributed by atoms with Gasteiger partial charge in [-0.15, -0.1) is 0 Å². The van der Waals surface area contributed by atoms with E-state index in [4.69, 9.17) is 10.7 Å². The number of nitrogens with one attached hydrogen (secondary N) is 1. The van der Waals surface area contributed by atoms with E-state index < -0.39 is 0 Å². The summed E-state index contributed by atoms with van der Waals surface area (Å²) in [6, 6.07) is 8.36. The predicted molar refractivity (Wildman–Crippen MR) is 120 cm³/mol. The van der Waals surface area contributed by atoms with E-state index in [0.29, 0.717) is 6.54 Å². The second-order valence-corrected chi connectivity index (χ2v) is 9.26. The quantitative estimate of drug-likeness (QED) is 0.558. The first kappa shape index (κ1) is 23.5. The van der Waals surface area contributed by atoms with Crippen molar-refractivity contribution in [1.29, 1.82) is 0 Å². The van der Waals surface area contributed by atoms with Crippen molar-refractivity contribution in [2.24, 2.45) is 15.7 Å². The summed E-state index contributed by atoms with van der Waals surface area (Å²) in [5.74, 6) is 0. The van der Waals surface area contributed by atoms with Crippen LogP contribution in [0.25, 0.3) is 0 Å². The van der Waals surface area contributed by atoms with Gasteiger partial charge >= 0.3 is 0 Å². The molecular formula is C23H40N4. The maximum atomic E-state index is 5.64. The standard InChI is InChI=1S/C23H40N4/c1-8-21(2,3)25-16-14-23(6,7)27-18-20-11-9-19(10-12-20)17-26-22(4,5)13-15-24/h9-12,17-18,25H,8,13-16,24H2,1-7H3. The second kappa shape index (κ2) is 10.1. The van der Waals surface area contributed by atoms with Gasteiger partial charge in [0.1, 0.15) is 0 Å². The molecule has 1 rings (SSSR count). The van der Waals surface area contributed by atoms with Crippen LogP contribution < -0.4 is 11.1 Å². The lowest BCUT2D eigenvalue weighted by Gasteiger charge is -2.27. The van der Waals surface area contributed by atoms with Crippen LogP contribution in [0.3, 0.4) is 0 Å². The smallest absolute Gasteiger partial charge is 0.0564 e. The lowest BCUT2D eigenvalue weighted by molar-refractivity contribution is 0.349. The molecule has 0 bridgehead atoms. The third-order valence-electron chi connectivity index (χ3n) is 5.04. The van der Waals surface area contributed by atoms with Gasteiger partial charge in [0.15, 0.2) is 0 Å². The molecule has 0 aliphatic carbocycles. The number of aliphatic imine (C=N–C) groups is 2. The van der Waals surface area contributed by atoms with Gasteiger partial charge in [0.2, 0.25) is 0 Å². The fourth-order valence-electron chi connectivity index (χ4n) is 2.48. The Morgan fingerprint density at radius 3 is 1.70 bits per heavy atom. The Labute approximate surface area is 166 Å². The van der Waals surface area contributed by atoms with Crippen molar-refractivity contribution in [3.63, 3.8) is 0 Å².